The zero-order chi connectivity index (χ0) is 11.1. The molecule has 0 aliphatic carbocycles. The molecule has 0 amide bonds. The summed E-state index contributed by atoms with van der Waals surface area (Å²) in [7, 11) is 0. The molecule has 2 atom stereocenters. The van der Waals surface area contributed by atoms with Crippen molar-refractivity contribution in [3.05, 3.63) is 28.8 Å². The maximum atomic E-state index is 6.27. The van der Waals surface area contributed by atoms with Crippen LogP contribution in [0.5, 0.6) is 0 Å². The highest BCUT2D eigenvalue weighted by atomic mass is 35.5. The van der Waals surface area contributed by atoms with E-state index < -0.39 is 0 Å². The first-order valence-corrected chi connectivity index (χ1v) is 6.45. The van der Waals surface area contributed by atoms with Gasteiger partial charge in [0.15, 0.2) is 0 Å². The van der Waals surface area contributed by atoms with Gasteiger partial charge in [-0.3, -0.25) is 0 Å². The summed E-state index contributed by atoms with van der Waals surface area (Å²) < 4.78 is 0. The lowest BCUT2D eigenvalue weighted by Crippen LogP contribution is -2.43. The van der Waals surface area contributed by atoms with Gasteiger partial charge in [-0.05, 0) is 43.4 Å². The van der Waals surface area contributed by atoms with Crippen molar-refractivity contribution in [2.75, 3.05) is 11.4 Å². The number of fused-ring (bicyclic) bond motifs is 3. The molecule has 0 spiro atoms. The standard InChI is InChI=1S/C13H17ClN2/c14-12-2-1-3-13-11(12)7-6-9-4-5-10(8-15)16(9)13/h1-3,9-10H,4-8,15H2. The zero-order valence-electron chi connectivity index (χ0n) is 9.32. The fourth-order valence-electron chi connectivity index (χ4n) is 3.22. The lowest BCUT2D eigenvalue weighted by molar-refractivity contribution is 0.563. The van der Waals surface area contributed by atoms with Crippen molar-refractivity contribution in [3.8, 4) is 0 Å². The Hall–Kier alpha value is -0.730. The SMILES string of the molecule is NCC1CCC2CCc3c(Cl)cccc3N12. The molecule has 1 fully saturated rings. The molecule has 3 rings (SSSR count). The van der Waals surface area contributed by atoms with E-state index in [1.165, 1.54) is 30.5 Å². The van der Waals surface area contributed by atoms with Crippen LogP contribution in [0, 0.1) is 0 Å². The van der Waals surface area contributed by atoms with Crippen molar-refractivity contribution < 1.29 is 0 Å². The third-order valence-corrected chi connectivity index (χ3v) is 4.35. The van der Waals surface area contributed by atoms with Gasteiger partial charge >= 0.3 is 0 Å². The number of rotatable bonds is 1. The summed E-state index contributed by atoms with van der Waals surface area (Å²) in [6.45, 7) is 0.752. The van der Waals surface area contributed by atoms with Crippen molar-refractivity contribution in [2.45, 2.75) is 37.8 Å². The molecule has 2 aliphatic heterocycles. The van der Waals surface area contributed by atoms with Gasteiger partial charge in [0.1, 0.15) is 0 Å². The quantitative estimate of drug-likeness (QED) is 0.812. The van der Waals surface area contributed by atoms with E-state index >= 15 is 0 Å². The van der Waals surface area contributed by atoms with Crippen molar-refractivity contribution in [1.82, 2.24) is 0 Å². The molecule has 16 heavy (non-hydrogen) atoms. The van der Waals surface area contributed by atoms with Crippen molar-refractivity contribution in [1.29, 1.82) is 0 Å². The maximum Gasteiger partial charge on any atom is 0.0458 e. The third-order valence-electron chi connectivity index (χ3n) is 3.99. The van der Waals surface area contributed by atoms with E-state index in [9.17, 15) is 0 Å². The van der Waals surface area contributed by atoms with Gasteiger partial charge in [0.05, 0.1) is 0 Å². The summed E-state index contributed by atoms with van der Waals surface area (Å²) in [5, 5.41) is 0.915. The van der Waals surface area contributed by atoms with Crippen LogP contribution in [0.4, 0.5) is 5.69 Å². The predicted octanol–water partition coefficient (Wildman–Crippen LogP) is 2.58. The molecule has 1 aromatic carbocycles. The molecule has 0 bridgehead atoms. The van der Waals surface area contributed by atoms with Crippen LogP contribution in [0.2, 0.25) is 5.02 Å². The highest BCUT2D eigenvalue weighted by Crippen LogP contribution is 2.41. The molecule has 2 unspecified atom stereocenters. The van der Waals surface area contributed by atoms with Gasteiger partial charge in [0, 0.05) is 29.3 Å². The van der Waals surface area contributed by atoms with E-state index in [1.54, 1.807) is 0 Å². The fourth-order valence-corrected chi connectivity index (χ4v) is 3.48. The fraction of sp³-hybridized carbons (Fsp3) is 0.538. The van der Waals surface area contributed by atoms with E-state index in [2.05, 4.69) is 17.0 Å². The minimum absolute atomic E-state index is 0.516. The number of nitrogens with zero attached hydrogens (tertiary/aromatic N) is 1. The second-order valence-electron chi connectivity index (χ2n) is 4.80. The molecule has 1 saturated heterocycles. The molecule has 3 heteroatoms. The minimum Gasteiger partial charge on any atom is -0.364 e. The second-order valence-corrected chi connectivity index (χ2v) is 5.21. The smallest absolute Gasteiger partial charge is 0.0458 e. The largest absolute Gasteiger partial charge is 0.364 e. The van der Waals surface area contributed by atoms with Gasteiger partial charge in [-0.15, -0.1) is 0 Å². The first-order chi connectivity index (χ1) is 7.81. The van der Waals surface area contributed by atoms with Crippen LogP contribution in [-0.4, -0.2) is 18.6 Å². The lowest BCUT2D eigenvalue weighted by Gasteiger charge is -2.37. The summed E-state index contributed by atoms with van der Waals surface area (Å²) in [6.07, 6.45) is 4.86. The van der Waals surface area contributed by atoms with Crippen LogP contribution in [0.1, 0.15) is 24.8 Å². The molecular formula is C13H17ClN2. The number of hydrogen-bond donors (Lipinski definition) is 1. The Morgan fingerprint density at radius 2 is 2.19 bits per heavy atom. The van der Waals surface area contributed by atoms with Gasteiger partial charge in [0.2, 0.25) is 0 Å². The van der Waals surface area contributed by atoms with Crippen molar-refractivity contribution in [2.24, 2.45) is 5.73 Å². The molecule has 2 N–H and O–H groups in total. The summed E-state index contributed by atoms with van der Waals surface area (Å²) >= 11 is 6.27. The highest BCUT2D eigenvalue weighted by molar-refractivity contribution is 6.31. The molecule has 2 heterocycles. The van der Waals surface area contributed by atoms with E-state index in [-0.39, 0.29) is 0 Å². The molecule has 2 nitrogen and oxygen atoms in total. The number of benzene rings is 1. The molecule has 2 aliphatic rings. The molecular weight excluding hydrogens is 220 g/mol. The van der Waals surface area contributed by atoms with Crippen LogP contribution < -0.4 is 10.6 Å². The van der Waals surface area contributed by atoms with Crippen LogP contribution in [-0.2, 0) is 6.42 Å². The number of hydrogen-bond acceptors (Lipinski definition) is 2. The van der Waals surface area contributed by atoms with Gasteiger partial charge in [-0.2, -0.15) is 0 Å². The molecule has 0 radical (unpaired) electrons. The average Bonchev–Trinajstić information content (AvgIpc) is 2.72. The summed E-state index contributed by atoms with van der Waals surface area (Å²) in [5.74, 6) is 0. The summed E-state index contributed by atoms with van der Waals surface area (Å²) in [6, 6.07) is 7.45. The molecule has 1 aromatic rings. The molecule has 0 saturated carbocycles. The van der Waals surface area contributed by atoms with Crippen LogP contribution >= 0.6 is 11.6 Å². The number of anilines is 1. The summed E-state index contributed by atoms with van der Waals surface area (Å²) in [4.78, 5) is 2.52. The Balaban J connectivity index is 2.06. The summed E-state index contributed by atoms with van der Waals surface area (Å²) in [5.41, 5.74) is 8.51. The molecule has 0 aromatic heterocycles. The van der Waals surface area contributed by atoms with Crippen LogP contribution in [0.3, 0.4) is 0 Å². The minimum atomic E-state index is 0.516. The van der Waals surface area contributed by atoms with E-state index in [0.29, 0.717) is 12.1 Å². The Kier molecular flexibility index (Phi) is 2.56. The highest BCUT2D eigenvalue weighted by Gasteiger charge is 2.36. The van der Waals surface area contributed by atoms with Gasteiger partial charge in [-0.25, -0.2) is 0 Å². The monoisotopic (exact) mass is 236 g/mol. The zero-order valence-corrected chi connectivity index (χ0v) is 10.1. The molecule has 86 valence electrons. The van der Waals surface area contributed by atoms with E-state index in [0.717, 1.165) is 18.0 Å². The predicted molar refractivity (Wildman–Crippen MR) is 68.1 cm³/mol. The second kappa shape index (κ2) is 3.94. The maximum absolute atomic E-state index is 6.27. The third kappa shape index (κ3) is 1.44. The van der Waals surface area contributed by atoms with Crippen molar-refractivity contribution >= 4 is 17.3 Å². The van der Waals surface area contributed by atoms with Gasteiger partial charge in [-0.1, -0.05) is 17.7 Å². The van der Waals surface area contributed by atoms with Crippen LogP contribution in [0.25, 0.3) is 0 Å². The van der Waals surface area contributed by atoms with Crippen LogP contribution in [0.15, 0.2) is 18.2 Å². The number of nitrogens with two attached hydrogens (primary N) is 1. The first kappa shape index (κ1) is 10.4. The topological polar surface area (TPSA) is 29.3 Å². The van der Waals surface area contributed by atoms with E-state index in [4.69, 9.17) is 17.3 Å². The van der Waals surface area contributed by atoms with Gasteiger partial charge in [0.25, 0.3) is 0 Å². The lowest BCUT2D eigenvalue weighted by atomic mass is 9.96. The van der Waals surface area contributed by atoms with Gasteiger partial charge < -0.3 is 10.6 Å². The van der Waals surface area contributed by atoms with Crippen molar-refractivity contribution in [3.63, 3.8) is 0 Å². The Morgan fingerprint density at radius 1 is 1.31 bits per heavy atom. The number of halogens is 1. The average molecular weight is 237 g/mol. The van der Waals surface area contributed by atoms with E-state index in [1.807, 2.05) is 6.07 Å². The Morgan fingerprint density at radius 3 is 3.00 bits per heavy atom. The first-order valence-electron chi connectivity index (χ1n) is 6.07. The Bertz CT molecular complexity index is 405. The normalized spacial score (nSPS) is 27.8. The Labute approximate surface area is 101 Å².